The van der Waals surface area contributed by atoms with Gasteiger partial charge in [-0.3, -0.25) is 9.78 Å². The Balaban J connectivity index is 0.00000312. The summed E-state index contributed by atoms with van der Waals surface area (Å²) in [5, 5.41) is 13.6. The van der Waals surface area contributed by atoms with Crippen molar-refractivity contribution in [3.05, 3.63) is 29.8 Å². The molecule has 0 radical (unpaired) electrons. The SMILES string of the molecule is CC(=O)N1CCC[C@H](CC(C)(C)NC[C@H](O)c2cncc(F)c2)C1.Cl.Cl. The zero-order valence-corrected chi connectivity index (χ0v) is 17.2. The van der Waals surface area contributed by atoms with Crippen molar-refractivity contribution in [1.82, 2.24) is 15.2 Å². The molecule has 0 aromatic carbocycles. The Morgan fingerprint density at radius 3 is 2.77 bits per heavy atom. The molecule has 2 N–H and O–H groups in total. The first-order valence-electron chi connectivity index (χ1n) is 8.56. The average Bonchev–Trinajstić information content (AvgIpc) is 2.52. The summed E-state index contributed by atoms with van der Waals surface area (Å²) in [6, 6.07) is 1.30. The molecule has 1 aromatic heterocycles. The van der Waals surface area contributed by atoms with Gasteiger partial charge in [-0.1, -0.05) is 0 Å². The highest BCUT2D eigenvalue weighted by Gasteiger charge is 2.28. The molecule has 150 valence electrons. The number of carbonyl (C=O) groups excluding carboxylic acids is 1. The fraction of sp³-hybridized carbons (Fsp3) is 0.667. The maximum absolute atomic E-state index is 13.2. The molecular weight excluding hydrogens is 380 g/mol. The van der Waals surface area contributed by atoms with Crippen LogP contribution in [0.25, 0.3) is 0 Å². The molecule has 1 amide bonds. The van der Waals surface area contributed by atoms with Gasteiger partial charge in [0.05, 0.1) is 12.3 Å². The van der Waals surface area contributed by atoms with E-state index in [2.05, 4.69) is 24.1 Å². The number of aliphatic hydroxyl groups is 1. The number of aromatic nitrogens is 1. The van der Waals surface area contributed by atoms with Gasteiger partial charge in [0.1, 0.15) is 5.82 Å². The third-order valence-corrected chi connectivity index (χ3v) is 4.65. The normalized spacial score (nSPS) is 18.5. The molecule has 0 bridgehead atoms. The lowest BCUT2D eigenvalue weighted by molar-refractivity contribution is -0.130. The average molecular weight is 410 g/mol. The van der Waals surface area contributed by atoms with Gasteiger partial charge >= 0.3 is 0 Å². The number of halogens is 3. The maximum atomic E-state index is 13.2. The number of nitrogens with zero attached hydrogens (tertiary/aromatic N) is 2. The third kappa shape index (κ3) is 7.74. The Labute approximate surface area is 167 Å². The molecule has 1 aromatic rings. The Hall–Kier alpha value is -0.950. The van der Waals surface area contributed by atoms with Crippen molar-refractivity contribution >= 4 is 30.7 Å². The van der Waals surface area contributed by atoms with Gasteiger partial charge in [0.25, 0.3) is 0 Å². The number of nitrogens with one attached hydrogen (secondary N) is 1. The summed E-state index contributed by atoms with van der Waals surface area (Å²) in [5.74, 6) is 0.148. The minimum atomic E-state index is -0.799. The van der Waals surface area contributed by atoms with Gasteiger partial charge in [-0.05, 0) is 45.1 Å². The number of amides is 1. The molecule has 2 rings (SSSR count). The van der Waals surface area contributed by atoms with Crippen molar-refractivity contribution in [2.45, 2.75) is 51.7 Å². The first kappa shape index (κ1) is 25.1. The highest BCUT2D eigenvalue weighted by atomic mass is 35.5. The summed E-state index contributed by atoms with van der Waals surface area (Å²) in [6.45, 7) is 7.80. The zero-order valence-electron chi connectivity index (χ0n) is 15.6. The monoisotopic (exact) mass is 409 g/mol. The molecule has 0 unspecified atom stereocenters. The van der Waals surface area contributed by atoms with Crippen molar-refractivity contribution in [3.8, 4) is 0 Å². The van der Waals surface area contributed by atoms with E-state index in [0.29, 0.717) is 18.0 Å². The van der Waals surface area contributed by atoms with Crippen molar-refractivity contribution < 1.29 is 14.3 Å². The summed E-state index contributed by atoms with van der Waals surface area (Å²) in [7, 11) is 0. The molecule has 1 fully saturated rings. The number of carbonyl (C=O) groups is 1. The summed E-state index contributed by atoms with van der Waals surface area (Å²) in [6.07, 6.45) is 4.88. The molecule has 2 atom stereocenters. The van der Waals surface area contributed by atoms with Crippen molar-refractivity contribution in [2.24, 2.45) is 5.92 Å². The van der Waals surface area contributed by atoms with Crippen molar-refractivity contribution in [1.29, 1.82) is 0 Å². The van der Waals surface area contributed by atoms with Crippen molar-refractivity contribution in [3.63, 3.8) is 0 Å². The second-order valence-corrected chi connectivity index (χ2v) is 7.39. The van der Waals surface area contributed by atoms with Gasteiger partial charge < -0.3 is 15.3 Å². The lowest BCUT2D eigenvalue weighted by atomic mass is 9.85. The first-order chi connectivity index (χ1) is 11.3. The van der Waals surface area contributed by atoms with Crippen LogP contribution in [-0.4, -0.2) is 46.1 Å². The minimum absolute atomic E-state index is 0. The lowest BCUT2D eigenvalue weighted by Gasteiger charge is -2.37. The third-order valence-electron chi connectivity index (χ3n) is 4.65. The van der Waals surface area contributed by atoms with E-state index in [1.165, 1.54) is 12.3 Å². The number of pyridine rings is 1. The number of rotatable bonds is 6. The number of hydrogen-bond acceptors (Lipinski definition) is 4. The van der Waals surface area contributed by atoms with E-state index < -0.39 is 11.9 Å². The van der Waals surface area contributed by atoms with Crippen molar-refractivity contribution in [2.75, 3.05) is 19.6 Å². The summed E-state index contributed by atoms with van der Waals surface area (Å²) < 4.78 is 13.2. The van der Waals surface area contributed by atoms with Crippen LogP contribution in [-0.2, 0) is 4.79 Å². The summed E-state index contributed by atoms with van der Waals surface area (Å²) in [4.78, 5) is 17.2. The van der Waals surface area contributed by atoms with Gasteiger partial charge in [0.15, 0.2) is 0 Å². The molecule has 1 saturated heterocycles. The molecule has 0 spiro atoms. The molecular formula is C18H30Cl2FN3O2. The quantitative estimate of drug-likeness (QED) is 0.757. The summed E-state index contributed by atoms with van der Waals surface area (Å²) in [5.41, 5.74) is 0.297. The van der Waals surface area contributed by atoms with Gasteiger partial charge in [0.2, 0.25) is 5.91 Å². The van der Waals surface area contributed by atoms with E-state index >= 15 is 0 Å². The Morgan fingerprint density at radius 1 is 1.46 bits per heavy atom. The lowest BCUT2D eigenvalue weighted by Crippen LogP contribution is -2.46. The highest BCUT2D eigenvalue weighted by molar-refractivity contribution is 5.85. The first-order valence-corrected chi connectivity index (χ1v) is 8.56. The molecule has 0 aliphatic carbocycles. The van der Waals surface area contributed by atoms with Gasteiger partial charge in [-0.2, -0.15) is 0 Å². The van der Waals surface area contributed by atoms with E-state index in [1.807, 2.05) is 4.90 Å². The van der Waals surface area contributed by atoms with E-state index in [4.69, 9.17) is 0 Å². The second-order valence-electron chi connectivity index (χ2n) is 7.39. The van der Waals surface area contributed by atoms with Crippen LogP contribution in [0.3, 0.4) is 0 Å². The maximum Gasteiger partial charge on any atom is 0.219 e. The molecule has 1 aliphatic rings. The number of aliphatic hydroxyl groups excluding tert-OH is 1. The van der Waals surface area contributed by atoms with E-state index in [-0.39, 0.29) is 36.3 Å². The summed E-state index contributed by atoms with van der Waals surface area (Å²) >= 11 is 0. The molecule has 5 nitrogen and oxygen atoms in total. The standard InChI is InChI=1S/C18H28FN3O2.2ClH/c1-13(23)22-6-4-5-14(12-22)8-18(2,3)21-11-17(24)15-7-16(19)10-20-9-15;;/h7,9-10,14,17,21,24H,4-6,8,11-12H2,1-3H3;2*1H/t14-,17+;;/m1../s1. The number of likely N-dealkylation sites (tertiary alicyclic amines) is 1. The van der Waals surface area contributed by atoms with Crippen LogP contribution in [0.4, 0.5) is 4.39 Å². The molecule has 26 heavy (non-hydrogen) atoms. The van der Waals surface area contributed by atoms with Crippen LogP contribution in [0.2, 0.25) is 0 Å². The number of piperidine rings is 1. The van der Waals surface area contributed by atoms with E-state index in [9.17, 15) is 14.3 Å². The van der Waals surface area contributed by atoms with Gasteiger partial charge in [-0.25, -0.2) is 4.39 Å². The van der Waals surface area contributed by atoms with E-state index in [0.717, 1.165) is 38.5 Å². The predicted octanol–water partition coefficient (Wildman–Crippen LogP) is 3.11. The topological polar surface area (TPSA) is 65.5 Å². The minimum Gasteiger partial charge on any atom is -0.387 e. The van der Waals surface area contributed by atoms with Crippen LogP contribution < -0.4 is 5.32 Å². The number of hydrogen-bond donors (Lipinski definition) is 2. The largest absolute Gasteiger partial charge is 0.387 e. The molecule has 1 aliphatic heterocycles. The van der Waals surface area contributed by atoms with Crippen LogP contribution in [0.15, 0.2) is 18.5 Å². The van der Waals surface area contributed by atoms with Gasteiger partial charge in [0, 0.05) is 43.9 Å². The number of β-amino-alcohol motifs (C(OH)–C–C–N with tert-alkyl or cyclic N) is 1. The van der Waals surface area contributed by atoms with E-state index in [1.54, 1.807) is 6.92 Å². The fourth-order valence-corrected chi connectivity index (χ4v) is 3.41. The molecule has 2 heterocycles. The Bertz CT molecular complexity index is 575. The highest BCUT2D eigenvalue weighted by Crippen LogP contribution is 2.26. The van der Waals surface area contributed by atoms with Gasteiger partial charge in [-0.15, -0.1) is 24.8 Å². The van der Waals surface area contributed by atoms with Crippen LogP contribution in [0.5, 0.6) is 0 Å². The zero-order chi connectivity index (χ0) is 17.7. The smallest absolute Gasteiger partial charge is 0.219 e. The van der Waals surface area contributed by atoms with Crippen LogP contribution >= 0.6 is 24.8 Å². The molecule has 8 heteroatoms. The Kier molecular flexibility index (Phi) is 10.6. The van der Waals surface area contributed by atoms with Crippen LogP contribution in [0.1, 0.15) is 51.7 Å². The molecule has 0 saturated carbocycles. The Morgan fingerprint density at radius 2 is 2.15 bits per heavy atom. The predicted molar refractivity (Wildman–Crippen MR) is 105 cm³/mol. The van der Waals surface area contributed by atoms with Crippen LogP contribution in [0, 0.1) is 11.7 Å². The second kappa shape index (κ2) is 11.0. The fourth-order valence-electron chi connectivity index (χ4n) is 3.41.